The lowest BCUT2D eigenvalue weighted by Crippen LogP contribution is -2.39. The van der Waals surface area contributed by atoms with Crippen molar-refractivity contribution in [1.82, 2.24) is 29.7 Å². The first-order chi connectivity index (χ1) is 15.6. The molecule has 4 aromatic rings. The topological polar surface area (TPSA) is 72.3 Å². The molecule has 164 valence electrons. The Hall–Kier alpha value is -2.80. The third-order valence-electron chi connectivity index (χ3n) is 7.62. The molecule has 8 heteroatoms. The van der Waals surface area contributed by atoms with E-state index in [0.29, 0.717) is 52.1 Å². The fourth-order valence-electron chi connectivity index (χ4n) is 5.87. The van der Waals surface area contributed by atoms with Crippen LogP contribution in [0.15, 0.2) is 36.8 Å². The van der Waals surface area contributed by atoms with Gasteiger partial charge in [-0.3, -0.25) is 5.10 Å². The summed E-state index contributed by atoms with van der Waals surface area (Å²) in [6.45, 7) is 2.34. The van der Waals surface area contributed by atoms with E-state index in [1.807, 2.05) is 12.1 Å². The number of hydrogen-bond donors (Lipinski definition) is 1. The summed E-state index contributed by atoms with van der Waals surface area (Å²) in [7, 11) is 0. The van der Waals surface area contributed by atoms with Crippen LogP contribution in [0.4, 0.5) is 4.39 Å². The van der Waals surface area contributed by atoms with Crippen LogP contribution in [0.25, 0.3) is 28.4 Å². The van der Waals surface area contributed by atoms with Gasteiger partial charge in [-0.1, -0.05) is 18.5 Å². The zero-order chi connectivity index (χ0) is 21.8. The molecule has 0 amide bonds. The fourth-order valence-corrected chi connectivity index (χ4v) is 6.03. The highest BCUT2D eigenvalue weighted by Gasteiger charge is 2.41. The van der Waals surface area contributed by atoms with Crippen molar-refractivity contribution >= 4 is 22.6 Å². The van der Waals surface area contributed by atoms with Crippen molar-refractivity contribution in [1.29, 1.82) is 0 Å². The maximum atomic E-state index is 15.8. The smallest absolute Gasteiger partial charge is 0.187 e. The Morgan fingerprint density at radius 3 is 2.62 bits per heavy atom. The number of aromatic nitrogens is 6. The lowest BCUT2D eigenvalue weighted by molar-refractivity contribution is 0.0334. The molecule has 32 heavy (non-hydrogen) atoms. The molecule has 2 atom stereocenters. The van der Waals surface area contributed by atoms with Gasteiger partial charge < -0.3 is 4.57 Å². The van der Waals surface area contributed by atoms with Crippen LogP contribution in [-0.4, -0.2) is 29.7 Å². The van der Waals surface area contributed by atoms with Crippen molar-refractivity contribution < 1.29 is 4.39 Å². The summed E-state index contributed by atoms with van der Waals surface area (Å²) in [5, 5.41) is 8.47. The minimum absolute atomic E-state index is 0.251. The number of nitrogens with one attached hydrogen (secondary N) is 1. The summed E-state index contributed by atoms with van der Waals surface area (Å²) in [5.74, 6) is 2.75. The molecule has 0 aromatic carbocycles. The van der Waals surface area contributed by atoms with E-state index >= 15 is 4.39 Å². The Balaban J connectivity index is 1.48. The number of nitrogens with zero attached hydrogens (tertiary/aromatic N) is 5. The van der Waals surface area contributed by atoms with E-state index < -0.39 is 0 Å². The van der Waals surface area contributed by atoms with Gasteiger partial charge in [0, 0.05) is 18.6 Å². The molecule has 0 spiro atoms. The van der Waals surface area contributed by atoms with E-state index in [-0.39, 0.29) is 11.6 Å². The quantitative estimate of drug-likeness (QED) is 0.438. The van der Waals surface area contributed by atoms with Crippen LogP contribution in [0.3, 0.4) is 0 Å². The number of hydrogen-bond acceptors (Lipinski definition) is 4. The molecule has 3 fully saturated rings. The predicted octanol–water partition coefficient (Wildman–Crippen LogP) is 5.61. The Morgan fingerprint density at radius 1 is 1.12 bits per heavy atom. The second-order valence-electron chi connectivity index (χ2n) is 9.25. The van der Waals surface area contributed by atoms with E-state index in [2.05, 4.69) is 27.1 Å². The Kier molecular flexibility index (Phi) is 4.75. The molecule has 4 aromatic heterocycles. The number of fused-ring (bicyclic) bond motifs is 4. The monoisotopic (exact) mass is 450 g/mol. The SMILES string of the molecule is C[C@H]1C2CCC(CC2)[C@@H]1Cc1nc(-c2[nH]nc3ncc(Cl)cc23)nc(-n2cccc2)c1F. The van der Waals surface area contributed by atoms with Gasteiger partial charge in [-0.25, -0.2) is 19.3 Å². The van der Waals surface area contributed by atoms with Gasteiger partial charge in [0.15, 0.2) is 23.1 Å². The molecule has 7 rings (SSSR count). The second-order valence-corrected chi connectivity index (χ2v) is 9.68. The van der Waals surface area contributed by atoms with Crippen LogP contribution in [0.1, 0.15) is 38.3 Å². The molecule has 3 aliphatic rings. The third kappa shape index (κ3) is 3.22. The number of rotatable bonds is 4. The van der Waals surface area contributed by atoms with E-state index in [1.165, 1.54) is 25.7 Å². The summed E-state index contributed by atoms with van der Waals surface area (Å²) in [6, 6.07) is 5.50. The van der Waals surface area contributed by atoms with Crippen LogP contribution in [0.2, 0.25) is 5.02 Å². The fraction of sp³-hybridized carbons (Fsp3) is 0.417. The zero-order valence-electron chi connectivity index (χ0n) is 17.8. The first kappa shape index (κ1) is 19.9. The molecule has 0 radical (unpaired) electrons. The largest absolute Gasteiger partial charge is 0.306 e. The predicted molar refractivity (Wildman–Crippen MR) is 121 cm³/mol. The molecule has 3 saturated carbocycles. The van der Waals surface area contributed by atoms with Crippen molar-refractivity contribution in [2.24, 2.45) is 23.7 Å². The van der Waals surface area contributed by atoms with Crippen molar-refractivity contribution in [3.63, 3.8) is 0 Å². The first-order valence-electron chi connectivity index (χ1n) is 11.3. The van der Waals surface area contributed by atoms with Crippen LogP contribution in [0.5, 0.6) is 0 Å². The minimum atomic E-state index is -0.349. The highest BCUT2D eigenvalue weighted by molar-refractivity contribution is 6.31. The molecule has 0 unspecified atom stereocenters. The standard InChI is InChI=1S/C24H24ClFN6/c1-13-14-4-6-15(7-5-14)17(13)11-19-20(26)24(32-8-2-3-9-32)29-23(28-19)21-18-10-16(25)12-27-22(18)31-30-21/h2-3,8-10,12-15,17H,4-7,11H2,1H3,(H,27,30,31)/t13-,14?,15?,17+/m0/s1. The van der Waals surface area contributed by atoms with Gasteiger partial charge in [0.25, 0.3) is 0 Å². The van der Waals surface area contributed by atoms with Gasteiger partial charge in [0.05, 0.1) is 16.1 Å². The normalized spacial score (nSPS) is 25.0. The van der Waals surface area contributed by atoms with E-state index in [4.69, 9.17) is 16.6 Å². The maximum Gasteiger partial charge on any atom is 0.187 e. The number of H-pyrrole nitrogens is 1. The molecule has 1 N–H and O–H groups in total. The highest BCUT2D eigenvalue weighted by Crippen LogP contribution is 2.49. The summed E-state index contributed by atoms with van der Waals surface area (Å²) >= 11 is 6.18. The van der Waals surface area contributed by atoms with Gasteiger partial charge in [0.2, 0.25) is 0 Å². The molecule has 3 aliphatic carbocycles. The van der Waals surface area contributed by atoms with Gasteiger partial charge >= 0.3 is 0 Å². The molecule has 0 aliphatic heterocycles. The van der Waals surface area contributed by atoms with E-state index in [9.17, 15) is 0 Å². The van der Waals surface area contributed by atoms with Crippen LogP contribution < -0.4 is 0 Å². The number of pyridine rings is 1. The maximum absolute atomic E-state index is 15.8. The lowest BCUT2D eigenvalue weighted by Gasteiger charge is -2.47. The van der Waals surface area contributed by atoms with Gasteiger partial charge in [-0.15, -0.1) is 0 Å². The summed E-state index contributed by atoms with van der Waals surface area (Å²) in [6.07, 6.45) is 10.9. The van der Waals surface area contributed by atoms with Gasteiger partial charge in [-0.2, -0.15) is 5.10 Å². The van der Waals surface area contributed by atoms with E-state index in [0.717, 1.165) is 11.3 Å². The number of aromatic amines is 1. The zero-order valence-corrected chi connectivity index (χ0v) is 18.6. The van der Waals surface area contributed by atoms with Gasteiger partial charge in [-0.05, 0) is 74.0 Å². The molecule has 4 heterocycles. The van der Waals surface area contributed by atoms with Crippen molar-refractivity contribution in [2.45, 2.75) is 39.0 Å². The van der Waals surface area contributed by atoms with Gasteiger partial charge in [0.1, 0.15) is 5.69 Å². The average Bonchev–Trinajstić information content (AvgIpc) is 3.48. The molecular formula is C24H24ClFN6. The number of halogens is 2. The summed E-state index contributed by atoms with van der Waals surface area (Å²) in [5.41, 5.74) is 1.60. The van der Waals surface area contributed by atoms with Crippen LogP contribution >= 0.6 is 11.6 Å². The minimum Gasteiger partial charge on any atom is -0.306 e. The second kappa shape index (κ2) is 7.66. The average molecular weight is 451 g/mol. The Labute approximate surface area is 190 Å². The summed E-state index contributed by atoms with van der Waals surface area (Å²) in [4.78, 5) is 13.6. The lowest BCUT2D eigenvalue weighted by atomic mass is 9.58. The van der Waals surface area contributed by atoms with Crippen molar-refractivity contribution in [3.05, 3.63) is 53.3 Å². The summed E-state index contributed by atoms with van der Waals surface area (Å²) < 4.78 is 17.5. The molecular weight excluding hydrogens is 427 g/mol. The first-order valence-corrected chi connectivity index (χ1v) is 11.7. The van der Waals surface area contributed by atoms with Crippen LogP contribution in [0, 0.1) is 29.5 Å². The van der Waals surface area contributed by atoms with Crippen molar-refractivity contribution in [3.8, 4) is 17.3 Å². The third-order valence-corrected chi connectivity index (χ3v) is 7.83. The Morgan fingerprint density at radius 2 is 1.88 bits per heavy atom. The highest BCUT2D eigenvalue weighted by atomic mass is 35.5. The molecule has 2 bridgehead atoms. The van der Waals surface area contributed by atoms with Crippen LogP contribution in [-0.2, 0) is 6.42 Å². The molecule has 0 saturated heterocycles. The van der Waals surface area contributed by atoms with Crippen molar-refractivity contribution in [2.75, 3.05) is 0 Å². The van der Waals surface area contributed by atoms with E-state index in [1.54, 1.807) is 29.2 Å². The molecule has 6 nitrogen and oxygen atoms in total. The Bertz CT molecular complexity index is 1270.